The van der Waals surface area contributed by atoms with Crippen LogP contribution in [0.25, 0.3) is 0 Å². The zero-order chi connectivity index (χ0) is 21.1. The van der Waals surface area contributed by atoms with Crippen molar-refractivity contribution in [3.8, 4) is 5.75 Å². The fourth-order valence-corrected chi connectivity index (χ4v) is 4.76. The summed E-state index contributed by atoms with van der Waals surface area (Å²) in [5.74, 6) is -1.62. The third-order valence-corrected chi connectivity index (χ3v) is 6.65. The van der Waals surface area contributed by atoms with Crippen LogP contribution in [-0.4, -0.2) is 35.1 Å². The van der Waals surface area contributed by atoms with Gasteiger partial charge in [-0.2, -0.15) is 0 Å². The van der Waals surface area contributed by atoms with E-state index in [1.165, 1.54) is 12.1 Å². The third-order valence-electron chi connectivity index (χ3n) is 6.65. The van der Waals surface area contributed by atoms with Gasteiger partial charge < -0.3 is 15.1 Å². The Labute approximate surface area is 171 Å². The van der Waals surface area contributed by atoms with Gasteiger partial charge in [0, 0.05) is 29.9 Å². The van der Waals surface area contributed by atoms with Crippen LogP contribution < -0.4 is 4.90 Å². The van der Waals surface area contributed by atoms with Crippen molar-refractivity contribution in [1.82, 2.24) is 0 Å². The molecule has 0 amide bonds. The molecular formula is C24H27NO4. The molecule has 0 saturated carbocycles. The van der Waals surface area contributed by atoms with Gasteiger partial charge in [-0.05, 0) is 41.4 Å². The van der Waals surface area contributed by atoms with Gasteiger partial charge in [-0.15, -0.1) is 0 Å². The number of anilines is 1. The predicted octanol–water partition coefficient (Wildman–Crippen LogP) is 4.49. The third kappa shape index (κ3) is 2.91. The van der Waals surface area contributed by atoms with Gasteiger partial charge in [0.2, 0.25) is 0 Å². The summed E-state index contributed by atoms with van der Waals surface area (Å²) in [5, 5.41) is 20.8. The van der Waals surface area contributed by atoms with Crippen molar-refractivity contribution in [3.63, 3.8) is 0 Å². The first kappa shape index (κ1) is 19.5. The Kier molecular flexibility index (Phi) is 4.26. The number of hydrogen-bond acceptors (Lipinski definition) is 4. The van der Waals surface area contributed by atoms with Crippen molar-refractivity contribution in [3.05, 3.63) is 58.1 Å². The molecule has 2 aromatic rings. The lowest BCUT2D eigenvalue weighted by molar-refractivity contribution is 0.0692. The number of aromatic carboxylic acids is 1. The average molecular weight is 393 g/mol. The van der Waals surface area contributed by atoms with Crippen molar-refractivity contribution in [1.29, 1.82) is 0 Å². The molecule has 0 unspecified atom stereocenters. The molecule has 0 atom stereocenters. The van der Waals surface area contributed by atoms with Crippen LogP contribution in [0.3, 0.4) is 0 Å². The molecular weight excluding hydrogens is 366 g/mol. The summed E-state index contributed by atoms with van der Waals surface area (Å²) in [6.07, 6.45) is 1.85. The Hall–Kier alpha value is -2.82. The SMILES string of the molecule is CC1(C)CCN2CCC(C)(C)c3c(O)c(C(=O)c4ccccc4C(=O)O)cc1c32. The number of benzene rings is 2. The van der Waals surface area contributed by atoms with Gasteiger partial charge in [-0.3, -0.25) is 4.79 Å². The molecule has 0 fully saturated rings. The average Bonchev–Trinajstić information content (AvgIpc) is 2.66. The van der Waals surface area contributed by atoms with Crippen LogP contribution in [0.4, 0.5) is 5.69 Å². The number of carboxylic acid groups (broad SMARTS) is 1. The Bertz CT molecular complexity index is 1030. The monoisotopic (exact) mass is 393 g/mol. The number of nitrogens with zero attached hydrogens (tertiary/aromatic N) is 1. The number of aromatic hydroxyl groups is 1. The first-order chi connectivity index (χ1) is 13.5. The van der Waals surface area contributed by atoms with Crippen molar-refractivity contribution in [2.24, 2.45) is 0 Å². The topological polar surface area (TPSA) is 77.8 Å². The van der Waals surface area contributed by atoms with Crippen LogP contribution in [0.15, 0.2) is 30.3 Å². The number of carbonyl (C=O) groups excluding carboxylic acids is 1. The second-order valence-corrected chi connectivity index (χ2v) is 9.48. The molecule has 0 aliphatic carbocycles. The highest BCUT2D eigenvalue weighted by Gasteiger charge is 2.43. The fraction of sp³-hybridized carbons (Fsp3) is 0.417. The zero-order valence-corrected chi connectivity index (χ0v) is 17.4. The molecule has 152 valence electrons. The quantitative estimate of drug-likeness (QED) is 0.751. The van der Waals surface area contributed by atoms with E-state index in [1.54, 1.807) is 18.2 Å². The maximum atomic E-state index is 13.4. The molecule has 2 heterocycles. The van der Waals surface area contributed by atoms with Crippen LogP contribution >= 0.6 is 0 Å². The summed E-state index contributed by atoms with van der Waals surface area (Å²) in [7, 11) is 0. The van der Waals surface area contributed by atoms with Crippen LogP contribution in [0.5, 0.6) is 5.75 Å². The number of hydrogen-bond donors (Lipinski definition) is 2. The normalized spacial score (nSPS) is 18.8. The van der Waals surface area contributed by atoms with Crippen LogP contribution in [-0.2, 0) is 10.8 Å². The summed E-state index contributed by atoms with van der Waals surface area (Å²) in [5.41, 5.74) is 2.75. The summed E-state index contributed by atoms with van der Waals surface area (Å²) < 4.78 is 0. The van der Waals surface area contributed by atoms with Gasteiger partial charge >= 0.3 is 5.97 Å². The first-order valence-electron chi connectivity index (χ1n) is 10.1. The molecule has 29 heavy (non-hydrogen) atoms. The van der Waals surface area contributed by atoms with E-state index in [9.17, 15) is 19.8 Å². The Morgan fingerprint density at radius 3 is 2.14 bits per heavy atom. The van der Waals surface area contributed by atoms with E-state index < -0.39 is 11.8 Å². The Morgan fingerprint density at radius 2 is 1.52 bits per heavy atom. The van der Waals surface area contributed by atoms with E-state index in [2.05, 4.69) is 32.6 Å². The molecule has 0 saturated heterocycles. The van der Waals surface area contributed by atoms with Gasteiger partial charge in [0.25, 0.3) is 0 Å². The minimum absolute atomic E-state index is 0.0126. The second kappa shape index (κ2) is 6.34. The van der Waals surface area contributed by atoms with Gasteiger partial charge in [-0.1, -0.05) is 45.9 Å². The lowest BCUT2D eigenvalue weighted by Gasteiger charge is -2.48. The van der Waals surface area contributed by atoms with Gasteiger partial charge in [0.1, 0.15) is 5.75 Å². The van der Waals surface area contributed by atoms with E-state index in [-0.39, 0.29) is 33.3 Å². The molecule has 0 aromatic heterocycles. The molecule has 4 rings (SSSR count). The predicted molar refractivity (Wildman–Crippen MR) is 112 cm³/mol. The number of carboxylic acids is 1. The number of ketones is 1. The minimum atomic E-state index is -1.15. The van der Waals surface area contributed by atoms with Gasteiger partial charge in [0.15, 0.2) is 5.78 Å². The molecule has 2 N–H and O–H groups in total. The standard InChI is InChI=1S/C24H27NO4/c1-23(2)9-11-25-12-10-24(3,4)18-19(25)17(23)13-16(21(18)27)20(26)14-7-5-6-8-15(14)22(28)29/h5-8,13,27H,9-12H2,1-4H3,(H,28,29). The van der Waals surface area contributed by atoms with E-state index in [0.717, 1.165) is 42.7 Å². The molecule has 5 nitrogen and oxygen atoms in total. The van der Waals surface area contributed by atoms with E-state index in [1.807, 2.05) is 0 Å². The number of phenols is 1. The maximum Gasteiger partial charge on any atom is 0.336 e. The van der Waals surface area contributed by atoms with Gasteiger partial charge in [-0.25, -0.2) is 4.79 Å². The van der Waals surface area contributed by atoms with Crippen molar-refractivity contribution in [2.75, 3.05) is 18.0 Å². The number of phenolic OH excluding ortho intramolecular Hbond substituents is 1. The molecule has 0 spiro atoms. The molecule has 5 heteroatoms. The molecule has 0 bridgehead atoms. The molecule has 0 radical (unpaired) electrons. The zero-order valence-electron chi connectivity index (χ0n) is 17.4. The summed E-state index contributed by atoms with van der Waals surface area (Å²) >= 11 is 0. The van der Waals surface area contributed by atoms with E-state index in [0.29, 0.717) is 0 Å². The number of carbonyl (C=O) groups is 2. The lowest BCUT2D eigenvalue weighted by atomic mass is 9.68. The molecule has 2 aliphatic rings. The van der Waals surface area contributed by atoms with Crippen LogP contribution in [0.1, 0.15) is 77.9 Å². The Balaban J connectivity index is 2.00. The maximum absolute atomic E-state index is 13.4. The molecule has 2 aliphatic heterocycles. The van der Waals surface area contributed by atoms with Crippen molar-refractivity contribution < 1.29 is 19.8 Å². The minimum Gasteiger partial charge on any atom is -0.507 e. The van der Waals surface area contributed by atoms with Crippen molar-refractivity contribution >= 4 is 17.4 Å². The Morgan fingerprint density at radius 1 is 0.931 bits per heavy atom. The fourth-order valence-electron chi connectivity index (χ4n) is 4.76. The molecule has 2 aromatic carbocycles. The highest BCUT2D eigenvalue weighted by atomic mass is 16.4. The summed E-state index contributed by atoms with van der Waals surface area (Å²) in [6.45, 7) is 10.4. The van der Waals surface area contributed by atoms with Crippen LogP contribution in [0.2, 0.25) is 0 Å². The van der Waals surface area contributed by atoms with Crippen LogP contribution in [0, 0.1) is 0 Å². The highest BCUT2D eigenvalue weighted by Crippen LogP contribution is 2.53. The van der Waals surface area contributed by atoms with Gasteiger partial charge in [0.05, 0.1) is 11.1 Å². The second-order valence-electron chi connectivity index (χ2n) is 9.48. The highest BCUT2D eigenvalue weighted by molar-refractivity contribution is 6.16. The first-order valence-corrected chi connectivity index (χ1v) is 10.1. The summed E-state index contributed by atoms with van der Waals surface area (Å²) in [4.78, 5) is 27.4. The summed E-state index contributed by atoms with van der Waals surface area (Å²) in [6, 6.07) is 7.97. The van der Waals surface area contributed by atoms with E-state index >= 15 is 0 Å². The smallest absolute Gasteiger partial charge is 0.336 e. The van der Waals surface area contributed by atoms with E-state index in [4.69, 9.17) is 0 Å². The number of rotatable bonds is 3. The van der Waals surface area contributed by atoms with Crippen molar-refractivity contribution in [2.45, 2.75) is 51.4 Å². The largest absolute Gasteiger partial charge is 0.507 e. The lowest BCUT2D eigenvalue weighted by Crippen LogP contribution is -2.45.